The van der Waals surface area contributed by atoms with Gasteiger partial charge in [0.15, 0.2) is 5.78 Å². The van der Waals surface area contributed by atoms with Gasteiger partial charge in [0.2, 0.25) is 0 Å². The van der Waals surface area contributed by atoms with Crippen molar-refractivity contribution in [3.63, 3.8) is 0 Å². The monoisotopic (exact) mass is 286 g/mol. The highest BCUT2D eigenvalue weighted by molar-refractivity contribution is 5.91. The summed E-state index contributed by atoms with van der Waals surface area (Å²) in [4.78, 5) is 11.8. The van der Waals surface area contributed by atoms with Gasteiger partial charge in [-0.25, -0.2) is 0 Å². The SMILES string of the molecule is CCC1CC2C3CCC4=CC(=O)CCC4(C)C3CCC12C. The van der Waals surface area contributed by atoms with Crippen LogP contribution in [0.2, 0.25) is 0 Å². The van der Waals surface area contributed by atoms with Gasteiger partial charge in [0.05, 0.1) is 0 Å². The van der Waals surface area contributed by atoms with Crippen LogP contribution in [0.3, 0.4) is 0 Å². The van der Waals surface area contributed by atoms with E-state index in [0.717, 1.165) is 36.5 Å². The summed E-state index contributed by atoms with van der Waals surface area (Å²) in [7, 11) is 0. The molecule has 116 valence electrons. The summed E-state index contributed by atoms with van der Waals surface area (Å²) < 4.78 is 0. The third kappa shape index (κ3) is 1.72. The molecule has 6 atom stereocenters. The molecular weight excluding hydrogens is 256 g/mol. The first-order valence-corrected chi connectivity index (χ1v) is 9.23. The normalized spacial score (nSPS) is 52.1. The zero-order valence-electron chi connectivity index (χ0n) is 14.0. The van der Waals surface area contributed by atoms with Crippen molar-refractivity contribution in [2.24, 2.45) is 34.5 Å². The van der Waals surface area contributed by atoms with Gasteiger partial charge in [-0.05, 0) is 79.1 Å². The van der Waals surface area contributed by atoms with Crippen LogP contribution >= 0.6 is 0 Å². The molecule has 0 aromatic carbocycles. The van der Waals surface area contributed by atoms with Gasteiger partial charge in [0.25, 0.3) is 0 Å². The van der Waals surface area contributed by atoms with Crippen LogP contribution in [0.25, 0.3) is 0 Å². The summed E-state index contributed by atoms with van der Waals surface area (Å²) in [5.41, 5.74) is 2.52. The van der Waals surface area contributed by atoms with Crippen molar-refractivity contribution in [3.8, 4) is 0 Å². The van der Waals surface area contributed by atoms with Gasteiger partial charge >= 0.3 is 0 Å². The zero-order chi connectivity index (χ0) is 14.8. The van der Waals surface area contributed by atoms with E-state index in [2.05, 4.69) is 20.8 Å². The Labute approximate surface area is 129 Å². The summed E-state index contributed by atoms with van der Waals surface area (Å²) in [6, 6.07) is 0. The number of carbonyl (C=O) groups is 1. The second-order valence-corrected chi connectivity index (χ2v) is 8.85. The first kappa shape index (κ1) is 14.0. The van der Waals surface area contributed by atoms with E-state index in [1.165, 1.54) is 44.1 Å². The molecule has 6 unspecified atom stereocenters. The van der Waals surface area contributed by atoms with Gasteiger partial charge in [-0.1, -0.05) is 32.8 Å². The minimum atomic E-state index is 0.357. The maximum atomic E-state index is 11.8. The smallest absolute Gasteiger partial charge is 0.155 e. The van der Waals surface area contributed by atoms with Crippen molar-refractivity contribution in [2.75, 3.05) is 0 Å². The molecule has 0 spiro atoms. The summed E-state index contributed by atoms with van der Waals surface area (Å²) in [6.45, 7) is 7.46. The van der Waals surface area contributed by atoms with E-state index < -0.39 is 0 Å². The van der Waals surface area contributed by atoms with Crippen LogP contribution in [-0.4, -0.2) is 5.78 Å². The number of carbonyl (C=O) groups excluding carboxylic acids is 1. The summed E-state index contributed by atoms with van der Waals surface area (Å²) in [6.07, 6.45) is 12.2. The number of hydrogen-bond donors (Lipinski definition) is 0. The van der Waals surface area contributed by atoms with Gasteiger partial charge in [0.1, 0.15) is 0 Å². The van der Waals surface area contributed by atoms with E-state index in [-0.39, 0.29) is 0 Å². The lowest BCUT2D eigenvalue weighted by atomic mass is 9.38. The molecule has 1 nitrogen and oxygen atoms in total. The molecule has 0 heterocycles. The highest BCUT2D eigenvalue weighted by atomic mass is 16.1. The number of hydrogen-bond acceptors (Lipinski definition) is 1. The quantitative estimate of drug-likeness (QED) is 0.651. The zero-order valence-corrected chi connectivity index (χ0v) is 14.0. The van der Waals surface area contributed by atoms with Crippen molar-refractivity contribution in [1.82, 2.24) is 0 Å². The van der Waals surface area contributed by atoms with Crippen molar-refractivity contribution in [1.29, 1.82) is 0 Å². The second kappa shape index (κ2) is 4.46. The molecule has 3 fully saturated rings. The van der Waals surface area contributed by atoms with Gasteiger partial charge in [-0.2, -0.15) is 0 Å². The molecule has 4 aliphatic rings. The van der Waals surface area contributed by atoms with Crippen LogP contribution in [-0.2, 0) is 4.79 Å². The van der Waals surface area contributed by atoms with Crippen LogP contribution in [0.15, 0.2) is 11.6 Å². The predicted molar refractivity (Wildman–Crippen MR) is 85.9 cm³/mol. The lowest BCUT2D eigenvalue weighted by molar-refractivity contribution is -0.156. The molecule has 21 heavy (non-hydrogen) atoms. The van der Waals surface area contributed by atoms with E-state index in [9.17, 15) is 4.79 Å². The average molecular weight is 286 g/mol. The fourth-order valence-corrected chi connectivity index (χ4v) is 6.91. The fraction of sp³-hybridized carbons (Fsp3) is 0.850. The molecule has 0 aromatic rings. The van der Waals surface area contributed by atoms with Crippen molar-refractivity contribution in [3.05, 3.63) is 11.6 Å². The molecule has 0 aliphatic heterocycles. The molecule has 0 radical (unpaired) electrons. The molecule has 0 bridgehead atoms. The van der Waals surface area contributed by atoms with E-state index in [0.29, 0.717) is 16.6 Å². The van der Waals surface area contributed by atoms with Crippen molar-refractivity contribution < 1.29 is 4.79 Å². The minimum Gasteiger partial charge on any atom is -0.295 e. The molecule has 3 saturated carbocycles. The topological polar surface area (TPSA) is 17.1 Å². The number of rotatable bonds is 1. The molecule has 0 aromatic heterocycles. The van der Waals surface area contributed by atoms with Crippen LogP contribution in [0.1, 0.15) is 72.1 Å². The van der Waals surface area contributed by atoms with Gasteiger partial charge in [-0.15, -0.1) is 0 Å². The van der Waals surface area contributed by atoms with Crippen LogP contribution in [0.4, 0.5) is 0 Å². The van der Waals surface area contributed by atoms with Crippen molar-refractivity contribution >= 4 is 5.78 Å². The van der Waals surface area contributed by atoms with Crippen LogP contribution < -0.4 is 0 Å². The molecule has 1 heteroatoms. The lowest BCUT2D eigenvalue weighted by Gasteiger charge is -2.66. The Morgan fingerprint density at radius 3 is 2.71 bits per heavy atom. The third-order valence-electron chi connectivity index (χ3n) is 8.36. The summed E-state index contributed by atoms with van der Waals surface area (Å²) in [5.74, 6) is 4.16. The molecule has 4 rings (SSSR count). The Bertz CT molecular complexity index is 504. The molecule has 0 amide bonds. The minimum absolute atomic E-state index is 0.357. The maximum Gasteiger partial charge on any atom is 0.155 e. The molecule has 4 aliphatic carbocycles. The maximum absolute atomic E-state index is 11.8. The molecule has 0 N–H and O–H groups in total. The highest BCUT2D eigenvalue weighted by Crippen LogP contribution is 2.69. The Morgan fingerprint density at radius 1 is 1.14 bits per heavy atom. The Morgan fingerprint density at radius 2 is 1.95 bits per heavy atom. The fourth-order valence-electron chi connectivity index (χ4n) is 6.91. The number of fused-ring (bicyclic) bond motifs is 5. The average Bonchev–Trinajstić information content (AvgIpc) is 2.45. The van der Waals surface area contributed by atoms with Crippen LogP contribution in [0, 0.1) is 34.5 Å². The summed E-state index contributed by atoms with van der Waals surface area (Å²) >= 11 is 0. The second-order valence-electron chi connectivity index (χ2n) is 8.85. The lowest BCUT2D eigenvalue weighted by Crippen LogP contribution is -2.58. The van der Waals surface area contributed by atoms with E-state index >= 15 is 0 Å². The van der Waals surface area contributed by atoms with E-state index in [1.807, 2.05) is 6.08 Å². The largest absolute Gasteiger partial charge is 0.295 e. The molecular formula is C20H30O. The Balaban J connectivity index is 1.64. The summed E-state index contributed by atoms with van der Waals surface area (Å²) in [5, 5.41) is 0. The van der Waals surface area contributed by atoms with Gasteiger partial charge < -0.3 is 0 Å². The Kier molecular flexibility index (Phi) is 2.98. The van der Waals surface area contributed by atoms with Gasteiger partial charge in [-0.3, -0.25) is 4.79 Å². The standard InChI is InChI=1S/C20H30O/c1-4-13-12-18-16-6-5-14-11-15(21)7-9-20(14,3)17(16)8-10-19(13,18)2/h11,13,16-18H,4-10,12H2,1-3H3. The third-order valence-corrected chi connectivity index (χ3v) is 8.36. The highest BCUT2D eigenvalue weighted by Gasteiger charge is 2.61. The van der Waals surface area contributed by atoms with Gasteiger partial charge in [0, 0.05) is 6.42 Å². The van der Waals surface area contributed by atoms with Crippen molar-refractivity contribution in [2.45, 2.75) is 72.1 Å². The first-order chi connectivity index (χ1) is 9.99. The number of ketones is 1. The van der Waals surface area contributed by atoms with E-state index in [4.69, 9.17) is 0 Å². The first-order valence-electron chi connectivity index (χ1n) is 9.23. The van der Waals surface area contributed by atoms with Crippen LogP contribution in [0.5, 0.6) is 0 Å². The Hall–Kier alpha value is -0.590. The predicted octanol–water partition coefficient (Wildman–Crippen LogP) is 5.15. The number of allylic oxidation sites excluding steroid dienone is 2. The van der Waals surface area contributed by atoms with E-state index in [1.54, 1.807) is 0 Å². The molecule has 0 saturated heterocycles.